The molecule has 3 rings (SSSR count). The summed E-state index contributed by atoms with van der Waals surface area (Å²) in [5, 5.41) is 11.4. The van der Waals surface area contributed by atoms with Crippen molar-refractivity contribution >= 4 is 17.7 Å². The SMILES string of the molecule is CCO/C=N/C1=C(C#N)C(c2cccs2)c2c([nH]c(=O)[nH]c2=O)O1. The third kappa shape index (κ3) is 2.75. The van der Waals surface area contributed by atoms with Crippen LogP contribution in [0.2, 0.25) is 0 Å². The van der Waals surface area contributed by atoms with Crippen LogP contribution in [0.15, 0.2) is 43.6 Å². The fraction of sp³-hybridized carbons (Fsp3) is 0.200. The second-order valence-corrected chi connectivity index (χ2v) is 5.70. The van der Waals surface area contributed by atoms with Crippen LogP contribution in [0, 0.1) is 11.3 Å². The molecule has 24 heavy (non-hydrogen) atoms. The van der Waals surface area contributed by atoms with Gasteiger partial charge in [-0.1, -0.05) is 6.07 Å². The van der Waals surface area contributed by atoms with Crippen molar-refractivity contribution in [1.29, 1.82) is 5.26 Å². The van der Waals surface area contributed by atoms with Gasteiger partial charge in [0, 0.05) is 4.88 Å². The van der Waals surface area contributed by atoms with E-state index in [1.54, 1.807) is 13.0 Å². The van der Waals surface area contributed by atoms with Gasteiger partial charge < -0.3 is 9.47 Å². The molecule has 0 radical (unpaired) electrons. The first-order valence-electron chi connectivity index (χ1n) is 7.01. The van der Waals surface area contributed by atoms with Crippen LogP contribution < -0.4 is 16.0 Å². The largest absolute Gasteiger partial charge is 0.483 e. The minimum atomic E-state index is -0.697. The summed E-state index contributed by atoms with van der Waals surface area (Å²) >= 11 is 1.39. The summed E-state index contributed by atoms with van der Waals surface area (Å²) in [6.07, 6.45) is 1.16. The molecule has 0 fully saturated rings. The molecule has 1 aliphatic rings. The zero-order valence-electron chi connectivity index (χ0n) is 12.5. The van der Waals surface area contributed by atoms with Crippen molar-refractivity contribution in [1.82, 2.24) is 9.97 Å². The maximum atomic E-state index is 12.3. The van der Waals surface area contributed by atoms with E-state index >= 15 is 0 Å². The van der Waals surface area contributed by atoms with Gasteiger partial charge in [0.2, 0.25) is 11.8 Å². The van der Waals surface area contributed by atoms with Crippen LogP contribution in [-0.4, -0.2) is 23.0 Å². The fourth-order valence-electron chi connectivity index (χ4n) is 2.35. The highest BCUT2D eigenvalue weighted by Gasteiger charge is 2.35. The van der Waals surface area contributed by atoms with Crippen molar-refractivity contribution < 1.29 is 9.47 Å². The second kappa shape index (κ2) is 6.55. The molecule has 3 heterocycles. The first-order valence-corrected chi connectivity index (χ1v) is 7.89. The van der Waals surface area contributed by atoms with Gasteiger partial charge in [-0.2, -0.15) is 10.3 Å². The number of ether oxygens (including phenoxy) is 2. The average molecular weight is 344 g/mol. The Morgan fingerprint density at radius 2 is 2.33 bits per heavy atom. The molecule has 122 valence electrons. The standard InChI is InChI=1S/C15H12N4O4S/c1-2-22-7-17-13-8(6-16)10(9-4-3-5-24-9)11-12(20)18-15(21)19-14(11)23-13/h3-5,7,10H,2H2,1H3,(H2,18,19,20,21)/b17-7+. The van der Waals surface area contributed by atoms with Crippen molar-refractivity contribution in [3.05, 3.63) is 60.2 Å². The van der Waals surface area contributed by atoms with Crippen LogP contribution in [0.3, 0.4) is 0 Å². The molecule has 1 unspecified atom stereocenters. The number of thiophene rings is 1. The molecule has 9 heteroatoms. The Balaban J connectivity index is 2.24. The van der Waals surface area contributed by atoms with Crippen molar-refractivity contribution in [2.75, 3.05) is 6.61 Å². The summed E-state index contributed by atoms with van der Waals surface area (Å²) in [7, 11) is 0. The monoisotopic (exact) mass is 344 g/mol. The Labute approximate surface area is 139 Å². The summed E-state index contributed by atoms with van der Waals surface area (Å²) < 4.78 is 10.5. The molecule has 8 nitrogen and oxygen atoms in total. The summed E-state index contributed by atoms with van der Waals surface area (Å²) in [5.41, 5.74) is -0.965. The first-order chi connectivity index (χ1) is 11.7. The predicted octanol–water partition coefficient (Wildman–Crippen LogP) is 1.45. The summed E-state index contributed by atoms with van der Waals surface area (Å²) in [6, 6.07) is 5.66. The van der Waals surface area contributed by atoms with E-state index in [-0.39, 0.29) is 22.9 Å². The Hall–Kier alpha value is -3.12. The fourth-order valence-corrected chi connectivity index (χ4v) is 3.19. The molecule has 0 aromatic carbocycles. The van der Waals surface area contributed by atoms with Gasteiger partial charge in [-0.05, 0) is 18.4 Å². The van der Waals surface area contributed by atoms with Crippen molar-refractivity contribution in [2.45, 2.75) is 12.8 Å². The molecule has 0 saturated heterocycles. The van der Waals surface area contributed by atoms with Crippen molar-refractivity contribution in [3.63, 3.8) is 0 Å². The smallest absolute Gasteiger partial charge is 0.328 e. The zero-order valence-corrected chi connectivity index (χ0v) is 13.3. The van der Waals surface area contributed by atoms with Crippen molar-refractivity contribution in [3.8, 4) is 11.9 Å². The van der Waals surface area contributed by atoms with E-state index in [0.717, 1.165) is 11.3 Å². The molecule has 2 aromatic heterocycles. The van der Waals surface area contributed by atoms with Crippen molar-refractivity contribution in [2.24, 2.45) is 4.99 Å². The topological polar surface area (TPSA) is 120 Å². The van der Waals surface area contributed by atoms with Gasteiger partial charge in [-0.15, -0.1) is 11.3 Å². The number of hydrogen-bond acceptors (Lipinski definition) is 7. The molecule has 0 saturated carbocycles. The molecule has 0 aliphatic carbocycles. The number of rotatable bonds is 4. The highest BCUT2D eigenvalue weighted by molar-refractivity contribution is 7.10. The third-order valence-corrected chi connectivity index (χ3v) is 4.25. The van der Waals surface area contributed by atoms with E-state index in [1.807, 2.05) is 17.5 Å². The number of allylic oxidation sites excluding steroid dienone is 1. The quantitative estimate of drug-likeness (QED) is 0.642. The second-order valence-electron chi connectivity index (χ2n) is 4.72. The molecule has 0 spiro atoms. The number of nitrogens with zero attached hydrogens (tertiary/aromatic N) is 2. The van der Waals surface area contributed by atoms with E-state index in [1.165, 1.54) is 11.3 Å². The highest BCUT2D eigenvalue weighted by Crippen LogP contribution is 2.41. The van der Waals surface area contributed by atoms with Gasteiger partial charge in [0.25, 0.3) is 5.56 Å². The molecular weight excluding hydrogens is 332 g/mol. The maximum absolute atomic E-state index is 12.3. The Morgan fingerprint density at radius 3 is 3.00 bits per heavy atom. The Kier molecular flexibility index (Phi) is 4.31. The zero-order chi connectivity index (χ0) is 17.1. The van der Waals surface area contributed by atoms with Crippen LogP contribution in [-0.2, 0) is 4.74 Å². The Bertz CT molecular complexity index is 963. The molecule has 0 amide bonds. The first kappa shape index (κ1) is 15.8. The number of H-pyrrole nitrogens is 2. The van der Waals surface area contributed by atoms with E-state index in [9.17, 15) is 14.9 Å². The minimum Gasteiger partial charge on any atom is -0.483 e. The summed E-state index contributed by atoms with van der Waals surface area (Å²) in [4.78, 5) is 33.2. The number of aromatic amines is 2. The maximum Gasteiger partial charge on any atom is 0.328 e. The van der Waals surface area contributed by atoms with Gasteiger partial charge in [0.15, 0.2) is 6.40 Å². The van der Waals surface area contributed by atoms with Gasteiger partial charge in [-0.25, -0.2) is 4.79 Å². The van der Waals surface area contributed by atoms with Crippen LogP contribution in [0.25, 0.3) is 0 Å². The van der Waals surface area contributed by atoms with E-state index < -0.39 is 17.2 Å². The lowest BCUT2D eigenvalue weighted by Gasteiger charge is -2.23. The highest BCUT2D eigenvalue weighted by atomic mass is 32.1. The lowest BCUT2D eigenvalue weighted by atomic mass is 9.90. The molecule has 1 aliphatic heterocycles. The number of fused-ring (bicyclic) bond motifs is 1. The normalized spacial score (nSPS) is 16.6. The number of aromatic nitrogens is 2. The summed E-state index contributed by atoms with van der Waals surface area (Å²) in [5.74, 6) is -0.712. The molecule has 2 N–H and O–H groups in total. The third-order valence-electron chi connectivity index (χ3n) is 3.31. The van der Waals surface area contributed by atoms with E-state index in [2.05, 4.69) is 15.0 Å². The number of hydrogen-bond donors (Lipinski definition) is 2. The van der Waals surface area contributed by atoms with Crippen LogP contribution in [0.1, 0.15) is 23.3 Å². The van der Waals surface area contributed by atoms with E-state index in [4.69, 9.17) is 9.47 Å². The Morgan fingerprint density at radius 1 is 1.50 bits per heavy atom. The van der Waals surface area contributed by atoms with Gasteiger partial charge in [0.1, 0.15) is 11.6 Å². The van der Waals surface area contributed by atoms with E-state index in [0.29, 0.717) is 6.61 Å². The molecule has 0 bridgehead atoms. The number of aliphatic imine (C=N–C) groups is 1. The number of nitrogens with one attached hydrogen (secondary N) is 2. The van der Waals surface area contributed by atoms with Crippen LogP contribution >= 0.6 is 11.3 Å². The molecule has 1 atom stereocenters. The number of nitriles is 1. The predicted molar refractivity (Wildman–Crippen MR) is 87.2 cm³/mol. The van der Waals surface area contributed by atoms with Gasteiger partial charge in [0.05, 0.1) is 18.1 Å². The average Bonchev–Trinajstić information content (AvgIpc) is 3.07. The van der Waals surface area contributed by atoms with Gasteiger partial charge in [-0.3, -0.25) is 14.8 Å². The van der Waals surface area contributed by atoms with Gasteiger partial charge >= 0.3 is 5.69 Å². The lowest BCUT2D eigenvalue weighted by Crippen LogP contribution is -2.31. The summed E-state index contributed by atoms with van der Waals surface area (Å²) in [6.45, 7) is 2.19. The lowest BCUT2D eigenvalue weighted by molar-refractivity contribution is 0.333. The molecule has 2 aromatic rings. The minimum absolute atomic E-state index is 0.0156. The van der Waals surface area contributed by atoms with Crippen LogP contribution in [0.4, 0.5) is 0 Å². The van der Waals surface area contributed by atoms with Crippen LogP contribution in [0.5, 0.6) is 5.88 Å². The molecular formula is C15H12N4O4S.